The molecule has 0 unspecified atom stereocenters. The Morgan fingerprint density at radius 1 is 1.12 bits per heavy atom. The first-order valence-electron chi connectivity index (χ1n) is 7.06. The molecule has 0 aliphatic carbocycles. The van der Waals surface area contributed by atoms with Gasteiger partial charge in [-0.1, -0.05) is 0 Å². The summed E-state index contributed by atoms with van der Waals surface area (Å²) in [7, 11) is -3.84. The van der Waals surface area contributed by atoms with Gasteiger partial charge >= 0.3 is 0 Å². The summed E-state index contributed by atoms with van der Waals surface area (Å²) >= 11 is 0. The van der Waals surface area contributed by atoms with Crippen molar-refractivity contribution in [2.45, 2.75) is 11.6 Å². The normalized spacial score (nSPS) is 11.6. The minimum Gasteiger partial charge on any atom is -0.505 e. The summed E-state index contributed by atoms with van der Waals surface area (Å²) in [6.07, 6.45) is 0. The van der Waals surface area contributed by atoms with Crippen LogP contribution in [-0.2, 0) is 16.7 Å². The van der Waals surface area contributed by atoms with Gasteiger partial charge in [-0.3, -0.25) is 0 Å². The number of hydrogen-bond donors (Lipinski definition) is 2. The van der Waals surface area contributed by atoms with E-state index < -0.39 is 28.3 Å². The number of rotatable bonds is 4. The van der Waals surface area contributed by atoms with Crippen LogP contribution in [0.5, 0.6) is 5.75 Å². The fraction of sp³-hybridized carbons (Fsp3) is 0.0625. The van der Waals surface area contributed by atoms with Crippen LogP contribution in [0.25, 0.3) is 16.9 Å². The largest absolute Gasteiger partial charge is 0.505 e. The second-order valence-electron chi connectivity index (χ2n) is 5.27. The maximum absolute atomic E-state index is 13.6. The van der Waals surface area contributed by atoms with Gasteiger partial charge in [0, 0.05) is 5.56 Å². The van der Waals surface area contributed by atoms with Crippen molar-refractivity contribution in [2.75, 3.05) is 0 Å². The molecule has 0 spiro atoms. The Balaban J connectivity index is 2.13. The Labute approximate surface area is 142 Å². The van der Waals surface area contributed by atoms with Gasteiger partial charge < -0.3 is 5.11 Å². The maximum Gasteiger partial charge on any atom is 0.238 e. The van der Waals surface area contributed by atoms with Gasteiger partial charge in [0.2, 0.25) is 10.0 Å². The van der Waals surface area contributed by atoms with Crippen molar-refractivity contribution in [2.24, 2.45) is 5.14 Å². The molecule has 0 atom stereocenters. The van der Waals surface area contributed by atoms with Crippen LogP contribution in [-0.4, -0.2) is 23.3 Å². The molecule has 0 saturated heterocycles. The number of nitrogens with two attached hydrogens (primary N) is 1. The summed E-state index contributed by atoms with van der Waals surface area (Å²) in [5.41, 5.74) is 1.32. The summed E-state index contributed by atoms with van der Waals surface area (Å²) in [5, 5.41) is 18.5. The zero-order valence-electron chi connectivity index (χ0n) is 12.7. The van der Waals surface area contributed by atoms with Crippen molar-refractivity contribution < 1.29 is 22.3 Å². The molecule has 0 amide bonds. The number of phenols is 1. The molecule has 0 bridgehead atoms. The number of nitrogens with zero attached hydrogens (tertiary/aromatic N) is 2. The van der Waals surface area contributed by atoms with Crippen molar-refractivity contribution in [1.29, 1.82) is 0 Å². The molecule has 3 aromatic rings. The molecular formula is C16H13F2N3O3S. The molecule has 3 rings (SSSR count). The fourth-order valence-corrected chi connectivity index (χ4v) is 2.86. The Morgan fingerprint density at radius 2 is 1.80 bits per heavy atom. The Hall–Kier alpha value is -2.78. The number of aromatic nitrogens is 2. The zero-order valence-corrected chi connectivity index (χ0v) is 13.5. The van der Waals surface area contributed by atoms with Crippen LogP contribution in [0.1, 0.15) is 5.69 Å². The van der Waals surface area contributed by atoms with Crippen LogP contribution >= 0.6 is 0 Å². The average Bonchev–Trinajstić information content (AvgIpc) is 3.01. The first-order chi connectivity index (χ1) is 11.8. The van der Waals surface area contributed by atoms with E-state index in [2.05, 4.69) is 5.10 Å². The van der Waals surface area contributed by atoms with Crippen molar-refractivity contribution in [3.8, 4) is 22.7 Å². The molecular weight excluding hydrogens is 352 g/mol. The van der Waals surface area contributed by atoms with E-state index in [0.29, 0.717) is 16.9 Å². The molecule has 1 heterocycles. The molecule has 1 aromatic heterocycles. The molecule has 0 aliphatic rings. The van der Waals surface area contributed by atoms with Gasteiger partial charge in [0.1, 0.15) is 6.67 Å². The van der Waals surface area contributed by atoms with Crippen molar-refractivity contribution in [3.05, 3.63) is 60.0 Å². The molecule has 9 heteroatoms. The predicted molar refractivity (Wildman–Crippen MR) is 86.8 cm³/mol. The number of alkyl halides is 1. The molecule has 0 fully saturated rings. The van der Waals surface area contributed by atoms with Gasteiger partial charge in [0.15, 0.2) is 11.6 Å². The summed E-state index contributed by atoms with van der Waals surface area (Å²) < 4.78 is 50.7. The maximum atomic E-state index is 13.6. The average molecular weight is 365 g/mol. The van der Waals surface area contributed by atoms with Crippen LogP contribution in [0.3, 0.4) is 0 Å². The lowest BCUT2D eigenvalue weighted by molar-refractivity contribution is 0.432. The standard InChI is InChI=1S/C16H13F2N3O3S/c17-9-11-8-15(10-1-6-16(22)14(18)7-10)21(20-11)12-2-4-13(5-3-12)25(19,23)24/h1-8,22H,9H2,(H2,19,23,24). The smallest absolute Gasteiger partial charge is 0.238 e. The van der Waals surface area contributed by atoms with Crippen LogP contribution in [0.4, 0.5) is 8.78 Å². The highest BCUT2D eigenvalue weighted by molar-refractivity contribution is 7.89. The van der Waals surface area contributed by atoms with E-state index >= 15 is 0 Å². The summed E-state index contributed by atoms with van der Waals surface area (Å²) in [6.45, 7) is -0.824. The van der Waals surface area contributed by atoms with Crippen LogP contribution in [0.2, 0.25) is 0 Å². The number of aromatic hydroxyl groups is 1. The van der Waals surface area contributed by atoms with Gasteiger partial charge in [-0.25, -0.2) is 27.0 Å². The summed E-state index contributed by atoms with van der Waals surface area (Å²) in [5.74, 6) is -1.32. The van der Waals surface area contributed by atoms with E-state index in [-0.39, 0.29) is 10.6 Å². The lowest BCUT2D eigenvalue weighted by Gasteiger charge is -2.09. The van der Waals surface area contributed by atoms with E-state index in [1.165, 1.54) is 47.1 Å². The van der Waals surface area contributed by atoms with Crippen LogP contribution < -0.4 is 5.14 Å². The predicted octanol–water partition coefficient (Wildman–Crippen LogP) is 2.50. The number of primary sulfonamides is 1. The van der Waals surface area contributed by atoms with Crippen LogP contribution in [0.15, 0.2) is 53.4 Å². The lowest BCUT2D eigenvalue weighted by Crippen LogP contribution is -2.12. The third-order valence-electron chi connectivity index (χ3n) is 3.55. The molecule has 2 aromatic carbocycles. The van der Waals surface area contributed by atoms with Gasteiger partial charge in [0.25, 0.3) is 0 Å². The van der Waals surface area contributed by atoms with E-state index in [0.717, 1.165) is 6.07 Å². The fourth-order valence-electron chi connectivity index (χ4n) is 2.34. The third-order valence-corrected chi connectivity index (χ3v) is 4.48. The van der Waals surface area contributed by atoms with Gasteiger partial charge in [0.05, 0.1) is 22.0 Å². The second-order valence-corrected chi connectivity index (χ2v) is 6.83. The second kappa shape index (κ2) is 6.26. The van der Waals surface area contributed by atoms with E-state index in [1.54, 1.807) is 0 Å². The Morgan fingerprint density at radius 3 is 2.36 bits per heavy atom. The minimum atomic E-state index is -3.84. The van der Waals surface area contributed by atoms with Crippen LogP contribution in [0, 0.1) is 5.82 Å². The van der Waals surface area contributed by atoms with Crippen molar-refractivity contribution in [3.63, 3.8) is 0 Å². The summed E-state index contributed by atoms with van der Waals surface area (Å²) in [6, 6.07) is 10.7. The Bertz CT molecular complexity index is 1030. The van der Waals surface area contributed by atoms with E-state index in [9.17, 15) is 22.3 Å². The third kappa shape index (κ3) is 3.37. The lowest BCUT2D eigenvalue weighted by atomic mass is 10.1. The number of phenolic OH excluding ortho intramolecular Hbond substituents is 1. The molecule has 25 heavy (non-hydrogen) atoms. The quantitative estimate of drug-likeness (QED) is 0.742. The molecule has 0 saturated carbocycles. The van der Waals surface area contributed by atoms with E-state index in [4.69, 9.17) is 5.14 Å². The SMILES string of the molecule is NS(=O)(=O)c1ccc(-n2nc(CF)cc2-c2ccc(O)c(F)c2)cc1. The zero-order chi connectivity index (χ0) is 18.2. The molecule has 6 nitrogen and oxygen atoms in total. The highest BCUT2D eigenvalue weighted by atomic mass is 32.2. The number of hydrogen-bond acceptors (Lipinski definition) is 4. The topological polar surface area (TPSA) is 98.2 Å². The first-order valence-corrected chi connectivity index (χ1v) is 8.61. The molecule has 130 valence electrons. The number of benzene rings is 2. The van der Waals surface area contributed by atoms with Crippen molar-refractivity contribution in [1.82, 2.24) is 9.78 Å². The highest BCUT2D eigenvalue weighted by Gasteiger charge is 2.15. The minimum absolute atomic E-state index is 0.0775. The Kier molecular flexibility index (Phi) is 4.27. The summed E-state index contributed by atoms with van der Waals surface area (Å²) in [4.78, 5) is -0.0775. The van der Waals surface area contributed by atoms with Gasteiger partial charge in [-0.05, 0) is 48.5 Å². The van der Waals surface area contributed by atoms with Crippen molar-refractivity contribution >= 4 is 10.0 Å². The van der Waals surface area contributed by atoms with Gasteiger partial charge in [-0.2, -0.15) is 5.10 Å². The highest BCUT2D eigenvalue weighted by Crippen LogP contribution is 2.28. The first kappa shape index (κ1) is 17.1. The van der Waals surface area contributed by atoms with E-state index in [1.807, 2.05) is 0 Å². The molecule has 0 aliphatic heterocycles. The molecule has 0 radical (unpaired) electrons. The molecule has 3 N–H and O–H groups in total. The van der Waals surface area contributed by atoms with Gasteiger partial charge in [-0.15, -0.1) is 0 Å². The number of halogens is 2. The number of sulfonamides is 1. The monoisotopic (exact) mass is 365 g/mol.